The standard InChI is InChI=1S/C14H21ClN2O/c1-3-14-9-18-10(2)7-17(14)8-11-4-12(15)6-13(16)5-11/h4-6,10,14H,3,7-9,16H2,1-2H3. The third kappa shape index (κ3) is 3.37. The van der Waals surface area contributed by atoms with E-state index >= 15 is 0 Å². The topological polar surface area (TPSA) is 38.5 Å². The molecule has 100 valence electrons. The number of morpholine rings is 1. The van der Waals surface area contributed by atoms with Gasteiger partial charge in [0.2, 0.25) is 0 Å². The Hall–Kier alpha value is -0.770. The lowest BCUT2D eigenvalue weighted by Gasteiger charge is -2.38. The number of nitrogens with two attached hydrogens (primary N) is 1. The molecule has 2 N–H and O–H groups in total. The molecule has 2 rings (SSSR count). The number of anilines is 1. The molecule has 0 amide bonds. The van der Waals surface area contributed by atoms with Gasteiger partial charge in [-0.2, -0.15) is 0 Å². The second-order valence-electron chi connectivity index (χ2n) is 5.03. The van der Waals surface area contributed by atoms with Gasteiger partial charge in [0, 0.05) is 29.8 Å². The van der Waals surface area contributed by atoms with Crippen molar-refractivity contribution in [1.29, 1.82) is 0 Å². The van der Waals surface area contributed by atoms with E-state index < -0.39 is 0 Å². The maximum absolute atomic E-state index is 6.04. The van der Waals surface area contributed by atoms with Gasteiger partial charge in [-0.15, -0.1) is 0 Å². The lowest BCUT2D eigenvalue weighted by atomic mass is 10.1. The van der Waals surface area contributed by atoms with E-state index in [1.807, 2.05) is 12.1 Å². The summed E-state index contributed by atoms with van der Waals surface area (Å²) < 4.78 is 5.70. The van der Waals surface area contributed by atoms with Crippen molar-refractivity contribution in [1.82, 2.24) is 4.90 Å². The lowest BCUT2D eigenvalue weighted by Crippen LogP contribution is -2.47. The van der Waals surface area contributed by atoms with Gasteiger partial charge in [0.05, 0.1) is 12.7 Å². The van der Waals surface area contributed by atoms with Gasteiger partial charge in [-0.25, -0.2) is 0 Å². The minimum atomic E-state index is 0.296. The van der Waals surface area contributed by atoms with Gasteiger partial charge >= 0.3 is 0 Å². The predicted molar refractivity (Wildman–Crippen MR) is 75.8 cm³/mol. The van der Waals surface area contributed by atoms with E-state index in [1.165, 1.54) is 5.56 Å². The summed E-state index contributed by atoms with van der Waals surface area (Å²) in [5, 5.41) is 0.708. The third-order valence-electron chi connectivity index (χ3n) is 3.42. The fourth-order valence-electron chi connectivity index (χ4n) is 2.48. The Kier molecular flexibility index (Phi) is 4.49. The first-order valence-electron chi connectivity index (χ1n) is 6.49. The summed E-state index contributed by atoms with van der Waals surface area (Å²) in [6, 6.07) is 6.26. The first-order valence-corrected chi connectivity index (χ1v) is 6.87. The average molecular weight is 269 g/mol. The van der Waals surface area contributed by atoms with Crippen LogP contribution in [0.15, 0.2) is 18.2 Å². The highest BCUT2D eigenvalue weighted by Crippen LogP contribution is 2.21. The maximum atomic E-state index is 6.04. The van der Waals surface area contributed by atoms with E-state index in [1.54, 1.807) is 6.07 Å². The van der Waals surface area contributed by atoms with Crippen molar-refractivity contribution in [2.75, 3.05) is 18.9 Å². The molecule has 1 aliphatic heterocycles. The molecule has 1 fully saturated rings. The molecule has 2 unspecified atom stereocenters. The minimum absolute atomic E-state index is 0.296. The monoisotopic (exact) mass is 268 g/mol. The van der Waals surface area contributed by atoms with Crippen molar-refractivity contribution in [3.8, 4) is 0 Å². The van der Waals surface area contributed by atoms with Crippen LogP contribution in [0, 0.1) is 0 Å². The second kappa shape index (κ2) is 5.91. The van der Waals surface area contributed by atoms with Crippen LogP contribution < -0.4 is 5.73 Å². The van der Waals surface area contributed by atoms with Crippen molar-refractivity contribution in [2.24, 2.45) is 0 Å². The number of halogens is 1. The minimum Gasteiger partial charge on any atom is -0.399 e. The molecule has 0 aromatic heterocycles. The fourth-order valence-corrected chi connectivity index (χ4v) is 2.75. The summed E-state index contributed by atoms with van der Waals surface area (Å²) in [6.07, 6.45) is 1.40. The van der Waals surface area contributed by atoms with Gasteiger partial charge in [-0.1, -0.05) is 18.5 Å². The fraction of sp³-hybridized carbons (Fsp3) is 0.571. The van der Waals surface area contributed by atoms with E-state index in [9.17, 15) is 0 Å². The van der Waals surface area contributed by atoms with Crippen LogP contribution in [-0.2, 0) is 11.3 Å². The molecule has 4 heteroatoms. The van der Waals surface area contributed by atoms with E-state index in [0.717, 1.165) is 31.8 Å². The van der Waals surface area contributed by atoms with Crippen LogP contribution in [0.4, 0.5) is 5.69 Å². The first kappa shape index (κ1) is 13.7. The largest absolute Gasteiger partial charge is 0.399 e. The highest BCUT2D eigenvalue weighted by molar-refractivity contribution is 6.30. The Morgan fingerprint density at radius 2 is 2.22 bits per heavy atom. The number of hydrogen-bond donors (Lipinski definition) is 1. The summed E-state index contributed by atoms with van der Waals surface area (Å²) in [4.78, 5) is 2.46. The highest BCUT2D eigenvalue weighted by Gasteiger charge is 2.25. The van der Waals surface area contributed by atoms with E-state index in [2.05, 4.69) is 18.7 Å². The number of nitrogens with zero attached hydrogens (tertiary/aromatic N) is 1. The second-order valence-corrected chi connectivity index (χ2v) is 5.46. The summed E-state index contributed by atoms with van der Waals surface area (Å²) in [7, 11) is 0. The number of benzene rings is 1. The molecule has 3 nitrogen and oxygen atoms in total. The zero-order valence-electron chi connectivity index (χ0n) is 11.0. The van der Waals surface area contributed by atoms with Crippen LogP contribution in [0.3, 0.4) is 0 Å². The van der Waals surface area contributed by atoms with Crippen molar-refractivity contribution in [2.45, 2.75) is 39.0 Å². The molecule has 0 aliphatic carbocycles. The zero-order chi connectivity index (χ0) is 13.1. The Morgan fingerprint density at radius 3 is 2.89 bits per heavy atom. The van der Waals surface area contributed by atoms with Gasteiger partial charge in [0.25, 0.3) is 0 Å². The lowest BCUT2D eigenvalue weighted by molar-refractivity contribution is -0.0591. The Morgan fingerprint density at radius 1 is 1.44 bits per heavy atom. The molecule has 1 saturated heterocycles. The summed E-state index contributed by atoms with van der Waals surface area (Å²) in [6.45, 7) is 6.98. The molecule has 0 radical (unpaired) electrons. The summed E-state index contributed by atoms with van der Waals surface area (Å²) in [5.74, 6) is 0. The molecule has 0 bridgehead atoms. The Labute approximate surface area is 114 Å². The van der Waals surface area contributed by atoms with Gasteiger partial charge in [0.15, 0.2) is 0 Å². The summed E-state index contributed by atoms with van der Waals surface area (Å²) >= 11 is 6.04. The zero-order valence-corrected chi connectivity index (χ0v) is 11.8. The molecule has 0 spiro atoms. The highest BCUT2D eigenvalue weighted by atomic mass is 35.5. The normalized spacial score (nSPS) is 25.3. The molecule has 1 aromatic carbocycles. The molecule has 18 heavy (non-hydrogen) atoms. The number of nitrogen functional groups attached to an aromatic ring is 1. The van der Waals surface area contributed by atoms with Crippen LogP contribution >= 0.6 is 11.6 Å². The quantitative estimate of drug-likeness (QED) is 0.857. The smallest absolute Gasteiger partial charge is 0.0674 e. The van der Waals surface area contributed by atoms with Gasteiger partial charge in [-0.05, 0) is 37.1 Å². The molecule has 0 saturated carbocycles. The van der Waals surface area contributed by atoms with E-state index in [-0.39, 0.29) is 0 Å². The van der Waals surface area contributed by atoms with Crippen molar-refractivity contribution in [3.63, 3.8) is 0 Å². The maximum Gasteiger partial charge on any atom is 0.0674 e. The van der Waals surface area contributed by atoms with Crippen LogP contribution in [-0.4, -0.2) is 30.2 Å². The SMILES string of the molecule is CCC1COC(C)CN1Cc1cc(N)cc(Cl)c1. The molecule has 1 aromatic rings. The third-order valence-corrected chi connectivity index (χ3v) is 3.64. The summed E-state index contributed by atoms with van der Waals surface area (Å²) in [5.41, 5.74) is 7.73. The van der Waals surface area contributed by atoms with Gasteiger partial charge < -0.3 is 10.5 Å². The molecular formula is C14H21ClN2O. The van der Waals surface area contributed by atoms with Crippen molar-refractivity contribution in [3.05, 3.63) is 28.8 Å². The number of ether oxygens (including phenoxy) is 1. The predicted octanol–water partition coefficient (Wildman–Crippen LogP) is 2.92. The molecule has 1 aliphatic rings. The van der Waals surface area contributed by atoms with Crippen molar-refractivity contribution < 1.29 is 4.74 Å². The Balaban J connectivity index is 2.10. The van der Waals surface area contributed by atoms with Crippen LogP contribution in [0.5, 0.6) is 0 Å². The number of hydrogen-bond acceptors (Lipinski definition) is 3. The average Bonchev–Trinajstić information content (AvgIpc) is 2.27. The molecule has 2 atom stereocenters. The van der Waals surface area contributed by atoms with Gasteiger partial charge in [0.1, 0.15) is 0 Å². The van der Waals surface area contributed by atoms with Crippen LogP contribution in [0.1, 0.15) is 25.8 Å². The molecular weight excluding hydrogens is 248 g/mol. The Bertz CT molecular complexity index is 391. The van der Waals surface area contributed by atoms with E-state index in [4.69, 9.17) is 22.1 Å². The van der Waals surface area contributed by atoms with Crippen molar-refractivity contribution >= 4 is 17.3 Å². The first-order chi connectivity index (χ1) is 8.58. The number of rotatable bonds is 3. The van der Waals surface area contributed by atoms with Crippen LogP contribution in [0.25, 0.3) is 0 Å². The van der Waals surface area contributed by atoms with Crippen LogP contribution in [0.2, 0.25) is 5.02 Å². The van der Waals surface area contributed by atoms with E-state index in [0.29, 0.717) is 17.2 Å². The molecule has 1 heterocycles. The van der Waals surface area contributed by atoms with Gasteiger partial charge in [-0.3, -0.25) is 4.90 Å².